The van der Waals surface area contributed by atoms with Crippen LogP contribution in [0.15, 0.2) is 34.8 Å². The molecule has 2 aromatic rings. The van der Waals surface area contributed by atoms with Crippen LogP contribution in [0.1, 0.15) is 22.5 Å². The molecule has 3 rings (SSSR count). The Hall–Kier alpha value is -1.83. The fraction of sp³-hybridized carbons (Fsp3) is 0.0833. The summed E-state index contributed by atoms with van der Waals surface area (Å²) >= 11 is 0. The number of para-hydroxylation sites is 1. The first-order chi connectivity index (χ1) is 6.86. The molecular weight excluding hydrogens is 176 g/mol. The summed E-state index contributed by atoms with van der Waals surface area (Å²) < 4.78 is 5.50. The van der Waals surface area contributed by atoms with Gasteiger partial charge in [-0.15, -0.1) is 0 Å². The predicted octanol–water partition coefficient (Wildman–Crippen LogP) is 3.03. The molecular formula is C12H8O2. The second-order valence-corrected chi connectivity index (χ2v) is 3.37. The van der Waals surface area contributed by atoms with Gasteiger partial charge in [-0.2, -0.15) is 0 Å². The minimum atomic E-state index is 0.0682. The Labute approximate surface area is 80.8 Å². The SMILES string of the molecule is O=C1CC=Cc2c1oc1ccccc21. The molecule has 0 radical (unpaired) electrons. The lowest BCUT2D eigenvalue weighted by molar-refractivity contribution is 0.0970. The summed E-state index contributed by atoms with van der Waals surface area (Å²) in [6, 6.07) is 7.71. The van der Waals surface area contributed by atoms with Crippen LogP contribution in [0.25, 0.3) is 17.0 Å². The average molecular weight is 184 g/mol. The van der Waals surface area contributed by atoms with Crippen LogP contribution in [0.3, 0.4) is 0 Å². The second kappa shape index (κ2) is 2.58. The van der Waals surface area contributed by atoms with E-state index in [0.29, 0.717) is 12.2 Å². The maximum absolute atomic E-state index is 11.5. The van der Waals surface area contributed by atoms with Crippen LogP contribution < -0.4 is 0 Å². The van der Waals surface area contributed by atoms with Crippen LogP contribution in [0, 0.1) is 0 Å². The van der Waals surface area contributed by atoms with Gasteiger partial charge < -0.3 is 4.42 Å². The second-order valence-electron chi connectivity index (χ2n) is 3.37. The summed E-state index contributed by atoms with van der Waals surface area (Å²) in [5.74, 6) is 0.576. The van der Waals surface area contributed by atoms with Crippen molar-refractivity contribution >= 4 is 22.8 Å². The fourth-order valence-electron chi connectivity index (χ4n) is 1.81. The Balaban J connectivity index is 2.45. The van der Waals surface area contributed by atoms with Gasteiger partial charge in [-0.05, 0) is 6.07 Å². The molecule has 1 aromatic carbocycles. The standard InChI is InChI=1S/C12H8O2/c13-10-6-3-5-9-8-4-1-2-7-11(8)14-12(9)10/h1-5,7H,6H2. The van der Waals surface area contributed by atoms with E-state index < -0.39 is 0 Å². The molecule has 0 bridgehead atoms. The van der Waals surface area contributed by atoms with Gasteiger partial charge in [0.2, 0.25) is 5.78 Å². The maximum atomic E-state index is 11.5. The molecule has 0 spiro atoms. The third kappa shape index (κ3) is 0.880. The summed E-state index contributed by atoms with van der Waals surface area (Å²) in [6.45, 7) is 0. The van der Waals surface area contributed by atoms with Crippen LogP contribution >= 0.6 is 0 Å². The zero-order chi connectivity index (χ0) is 9.54. The van der Waals surface area contributed by atoms with Gasteiger partial charge >= 0.3 is 0 Å². The first kappa shape index (κ1) is 7.56. The zero-order valence-electron chi connectivity index (χ0n) is 7.49. The smallest absolute Gasteiger partial charge is 0.202 e. The van der Waals surface area contributed by atoms with E-state index >= 15 is 0 Å². The summed E-state index contributed by atoms with van der Waals surface area (Å²) in [5, 5.41) is 1.02. The summed E-state index contributed by atoms with van der Waals surface area (Å²) in [6.07, 6.45) is 4.29. The normalized spacial score (nSPS) is 14.7. The van der Waals surface area contributed by atoms with Crippen molar-refractivity contribution in [3.63, 3.8) is 0 Å². The first-order valence-electron chi connectivity index (χ1n) is 4.57. The highest BCUT2D eigenvalue weighted by atomic mass is 16.3. The molecule has 0 saturated carbocycles. The molecule has 0 atom stereocenters. The minimum Gasteiger partial charge on any atom is -0.452 e. The quantitative estimate of drug-likeness (QED) is 0.629. The number of carbonyl (C=O) groups excluding carboxylic acids is 1. The number of fused-ring (bicyclic) bond motifs is 3. The molecule has 0 unspecified atom stereocenters. The Morgan fingerprint density at radius 2 is 2.07 bits per heavy atom. The van der Waals surface area contributed by atoms with Crippen LogP contribution in [0.5, 0.6) is 0 Å². The van der Waals surface area contributed by atoms with Gasteiger partial charge in [-0.3, -0.25) is 4.79 Å². The van der Waals surface area contributed by atoms with Gasteiger partial charge in [0.25, 0.3) is 0 Å². The number of benzene rings is 1. The van der Waals surface area contributed by atoms with E-state index in [4.69, 9.17) is 4.42 Å². The van der Waals surface area contributed by atoms with Crippen molar-refractivity contribution in [1.29, 1.82) is 0 Å². The summed E-state index contributed by atoms with van der Waals surface area (Å²) in [4.78, 5) is 11.5. The van der Waals surface area contributed by atoms with Crippen molar-refractivity contribution in [2.75, 3.05) is 0 Å². The summed E-state index contributed by atoms with van der Waals surface area (Å²) in [7, 11) is 0. The number of carbonyl (C=O) groups is 1. The number of Topliss-reactive ketones (excluding diaryl/α,β-unsaturated/α-hetero) is 1. The van der Waals surface area contributed by atoms with Gasteiger partial charge in [0.1, 0.15) is 5.58 Å². The zero-order valence-corrected chi connectivity index (χ0v) is 7.49. The maximum Gasteiger partial charge on any atom is 0.202 e. The van der Waals surface area contributed by atoms with E-state index in [-0.39, 0.29) is 5.78 Å². The lowest BCUT2D eigenvalue weighted by Gasteiger charge is -2.00. The molecule has 2 nitrogen and oxygen atoms in total. The van der Waals surface area contributed by atoms with Gasteiger partial charge in [-0.1, -0.05) is 30.4 Å². The average Bonchev–Trinajstić information content (AvgIpc) is 2.59. The fourth-order valence-corrected chi connectivity index (χ4v) is 1.81. The van der Waals surface area contributed by atoms with E-state index in [0.717, 1.165) is 16.5 Å². The monoisotopic (exact) mass is 184 g/mol. The lowest BCUT2D eigenvalue weighted by Crippen LogP contribution is -2.00. The van der Waals surface area contributed by atoms with Crippen LogP contribution in [-0.4, -0.2) is 5.78 Å². The highest BCUT2D eigenvalue weighted by Gasteiger charge is 2.20. The van der Waals surface area contributed by atoms with Crippen molar-refractivity contribution in [2.24, 2.45) is 0 Å². The molecule has 0 aliphatic heterocycles. The van der Waals surface area contributed by atoms with Crippen LogP contribution in [0.2, 0.25) is 0 Å². The Bertz CT molecular complexity index is 546. The number of allylic oxidation sites excluding steroid dienone is 1. The topological polar surface area (TPSA) is 30.2 Å². The van der Waals surface area contributed by atoms with Gasteiger partial charge in [-0.25, -0.2) is 0 Å². The van der Waals surface area contributed by atoms with E-state index in [2.05, 4.69) is 0 Å². The largest absolute Gasteiger partial charge is 0.452 e. The molecule has 1 aromatic heterocycles. The molecule has 0 fully saturated rings. The van der Waals surface area contributed by atoms with Crippen LogP contribution in [-0.2, 0) is 0 Å². The number of hydrogen-bond acceptors (Lipinski definition) is 2. The van der Waals surface area contributed by atoms with E-state index in [1.54, 1.807) is 0 Å². The Kier molecular flexibility index (Phi) is 1.39. The molecule has 2 heteroatoms. The Morgan fingerprint density at radius 1 is 1.21 bits per heavy atom. The van der Waals surface area contributed by atoms with Gasteiger partial charge in [0, 0.05) is 17.4 Å². The van der Waals surface area contributed by atoms with E-state index in [1.165, 1.54) is 0 Å². The third-order valence-electron chi connectivity index (χ3n) is 2.47. The lowest BCUT2D eigenvalue weighted by atomic mass is 10.0. The van der Waals surface area contributed by atoms with Crippen molar-refractivity contribution in [1.82, 2.24) is 0 Å². The van der Waals surface area contributed by atoms with Gasteiger partial charge in [0.15, 0.2) is 5.76 Å². The number of ketones is 1. The molecule has 1 aliphatic carbocycles. The first-order valence-corrected chi connectivity index (χ1v) is 4.57. The minimum absolute atomic E-state index is 0.0682. The number of rotatable bonds is 0. The Morgan fingerprint density at radius 3 is 3.00 bits per heavy atom. The number of furan rings is 1. The van der Waals surface area contributed by atoms with Crippen molar-refractivity contribution < 1.29 is 9.21 Å². The highest BCUT2D eigenvalue weighted by molar-refractivity contribution is 6.06. The van der Waals surface area contributed by atoms with E-state index in [9.17, 15) is 4.79 Å². The molecule has 1 aliphatic rings. The van der Waals surface area contributed by atoms with Crippen LogP contribution in [0.4, 0.5) is 0 Å². The molecule has 68 valence electrons. The predicted molar refractivity (Wildman–Crippen MR) is 54.2 cm³/mol. The van der Waals surface area contributed by atoms with Crippen molar-refractivity contribution in [3.05, 3.63) is 41.7 Å². The summed E-state index contributed by atoms with van der Waals surface area (Å²) in [5.41, 5.74) is 1.72. The van der Waals surface area contributed by atoms with Gasteiger partial charge in [0.05, 0.1) is 0 Å². The molecule has 0 amide bonds. The third-order valence-corrected chi connectivity index (χ3v) is 2.47. The van der Waals surface area contributed by atoms with Crippen molar-refractivity contribution in [3.8, 4) is 0 Å². The van der Waals surface area contributed by atoms with Crippen molar-refractivity contribution in [2.45, 2.75) is 6.42 Å². The molecule has 14 heavy (non-hydrogen) atoms. The molecule has 0 N–H and O–H groups in total. The highest BCUT2D eigenvalue weighted by Crippen LogP contribution is 2.30. The van der Waals surface area contributed by atoms with E-state index in [1.807, 2.05) is 36.4 Å². The molecule has 0 saturated heterocycles. The molecule has 1 heterocycles. The number of hydrogen-bond donors (Lipinski definition) is 0.